The Morgan fingerprint density at radius 2 is 2.22 bits per heavy atom. The summed E-state index contributed by atoms with van der Waals surface area (Å²) in [4.78, 5) is 3.55. The van der Waals surface area contributed by atoms with E-state index in [1.165, 1.54) is 0 Å². The van der Waals surface area contributed by atoms with E-state index >= 15 is 0 Å². The van der Waals surface area contributed by atoms with Crippen LogP contribution in [-0.2, 0) is 0 Å². The van der Waals surface area contributed by atoms with Crippen LogP contribution in [0.25, 0.3) is 0 Å². The van der Waals surface area contributed by atoms with Crippen LogP contribution in [0, 0.1) is 0 Å². The quantitative estimate of drug-likeness (QED) is 0.320. The lowest BCUT2D eigenvalue weighted by Crippen LogP contribution is -1.70. The Balaban J connectivity index is 4.27. The summed E-state index contributed by atoms with van der Waals surface area (Å²) in [7, 11) is 0. The second-order valence-corrected chi connectivity index (χ2v) is 1.99. The molecule has 9 heavy (non-hydrogen) atoms. The van der Waals surface area contributed by atoms with Gasteiger partial charge in [-0.3, -0.25) is 4.99 Å². The monoisotopic (exact) mass is 143 g/mol. The van der Waals surface area contributed by atoms with Gasteiger partial charge in [-0.15, -0.1) is 0 Å². The van der Waals surface area contributed by atoms with Gasteiger partial charge < -0.3 is 0 Å². The average Bonchev–Trinajstić information content (AvgIpc) is 1.87. The third-order valence-corrected chi connectivity index (χ3v) is 1.30. The summed E-state index contributed by atoms with van der Waals surface area (Å²) >= 11 is 5.59. The number of hydrogen-bond donors (Lipinski definition) is 0. The van der Waals surface area contributed by atoms with Gasteiger partial charge in [-0.25, -0.2) is 0 Å². The molecule has 0 N–H and O–H groups in total. The molecule has 0 aromatic heterocycles. The van der Waals surface area contributed by atoms with E-state index in [0.29, 0.717) is 5.16 Å². The molecule has 0 radical (unpaired) electrons. The van der Waals surface area contributed by atoms with Crippen LogP contribution in [-0.4, -0.2) is 6.72 Å². The molecule has 0 aliphatic rings. The molecule has 0 aliphatic heterocycles. The number of halogens is 1. The summed E-state index contributed by atoms with van der Waals surface area (Å²) in [5, 5.41) is 0.466. The predicted octanol–water partition coefficient (Wildman–Crippen LogP) is 2.73. The van der Waals surface area contributed by atoms with Gasteiger partial charge in [-0.1, -0.05) is 23.8 Å². The zero-order valence-corrected chi connectivity index (χ0v) is 6.44. The van der Waals surface area contributed by atoms with E-state index < -0.39 is 0 Å². The van der Waals surface area contributed by atoms with Crippen LogP contribution in [0.5, 0.6) is 0 Å². The maximum Gasteiger partial charge on any atom is 0.131 e. The minimum Gasteiger partial charge on any atom is -0.252 e. The Hall–Kier alpha value is -0.560. The molecule has 0 bridgehead atoms. The summed E-state index contributed by atoms with van der Waals surface area (Å²) in [6, 6.07) is 0. The van der Waals surface area contributed by atoms with Gasteiger partial charge in [0.2, 0.25) is 0 Å². The van der Waals surface area contributed by atoms with Crippen LogP contribution < -0.4 is 0 Å². The van der Waals surface area contributed by atoms with E-state index in [1.54, 1.807) is 0 Å². The molecule has 2 heteroatoms. The number of nitrogens with zero attached hydrogens (tertiary/aromatic N) is 1. The topological polar surface area (TPSA) is 12.4 Å². The van der Waals surface area contributed by atoms with E-state index in [9.17, 15) is 0 Å². The first-order chi connectivity index (χ1) is 4.22. The molecule has 0 saturated heterocycles. The van der Waals surface area contributed by atoms with Gasteiger partial charge >= 0.3 is 0 Å². The number of hydrogen-bond acceptors (Lipinski definition) is 1. The molecule has 0 aliphatic carbocycles. The second-order valence-electron chi connectivity index (χ2n) is 1.63. The van der Waals surface area contributed by atoms with E-state index in [2.05, 4.69) is 11.7 Å². The standard InChI is InChI=1S/C7H10ClN/c1-4-5-6(2)7(8)9-3/h4-5H,3H2,1-2H3/b5-4-,7-6-. The van der Waals surface area contributed by atoms with E-state index in [4.69, 9.17) is 11.6 Å². The van der Waals surface area contributed by atoms with Crippen molar-refractivity contribution in [2.24, 2.45) is 4.99 Å². The molecule has 0 aromatic carbocycles. The molecular formula is C7H10ClN. The van der Waals surface area contributed by atoms with Crippen molar-refractivity contribution in [3.63, 3.8) is 0 Å². The normalized spacial score (nSPS) is 13.7. The molecule has 0 aromatic rings. The van der Waals surface area contributed by atoms with Crippen LogP contribution >= 0.6 is 11.6 Å². The summed E-state index contributed by atoms with van der Waals surface area (Å²) in [6.07, 6.45) is 3.79. The average molecular weight is 144 g/mol. The smallest absolute Gasteiger partial charge is 0.131 e. The maximum absolute atomic E-state index is 5.59. The first-order valence-electron chi connectivity index (χ1n) is 2.68. The lowest BCUT2D eigenvalue weighted by molar-refractivity contribution is 1.39. The Bertz CT molecular complexity index is 156. The highest BCUT2D eigenvalue weighted by Gasteiger charge is 1.88. The number of aliphatic imine (C=N–C) groups is 1. The van der Waals surface area contributed by atoms with E-state index in [0.717, 1.165) is 5.57 Å². The fraction of sp³-hybridized carbons (Fsp3) is 0.286. The number of allylic oxidation sites excluding steroid dienone is 3. The zero-order chi connectivity index (χ0) is 7.28. The van der Waals surface area contributed by atoms with Crippen molar-refractivity contribution in [1.29, 1.82) is 0 Å². The number of rotatable bonds is 2. The molecule has 50 valence electrons. The van der Waals surface area contributed by atoms with Gasteiger partial charge in [0.25, 0.3) is 0 Å². The molecular weight excluding hydrogens is 134 g/mol. The van der Waals surface area contributed by atoms with Crippen molar-refractivity contribution in [3.8, 4) is 0 Å². The fourth-order valence-corrected chi connectivity index (χ4v) is 0.506. The van der Waals surface area contributed by atoms with Crippen LogP contribution in [0.15, 0.2) is 27.9 Å². The third-order valence-electron chi connectivity index (χ3n) is 0.881. The zero-order valence-electron chi connectivity index (χ0n) is 5.69. The lowest BCUT2D eigenvalue weighted by atomic mass is 10.3. The summed E-state index contributed by atoms with van der Waals surface area (Å²) < 4.78 is 0. The Kier molecular flexibility index (Phi) is 4.06. The Morgan fingerprint density at radius 3 is 2.56 bits per heavy atom. The van der Waals surface area contributed by atoms with Crippen LogP contribution in [0.2, 0.25) is 0 Å². The molecule has 0 rings (SSSR count). The van der Waals surface area contributed by atoms with Crippen molar-refractivity contribution in [2.45, 2.75) is 13.8 Å². The lowest BCUT2D eigenvalue weighted by Gasteiger charge is -1.90. The fourth-order valence-electron chi connectivity index (χ4n) is 0.443. The summed E-state index contributed by atoms with van der Waals surface area (Å²) in [5.41, 5.74) is 0.939. The summed E-state index contributed by atoms with van der Waals surface area (Å²) in [5.74, 6) is 0. The van der Waals surface area contributed by atoms with Crippen molar-refractivity contribution in [2.75, 3.05) is 0 Å². The van der Waals surface area contributed by atoms with Crippen LogP contribution in [0.3, 0.4) is 0 Å². The molecule has 1 nitrogen and oxygen atoms in total. The largest absolute Gasteiger partial charge is 0.252 e. The van der Waals surface area contributed by atoms with Gasteiger partial charge in [0.15, 0.2) is 0 Å². The van der Waals surface area contributed by atoms with E-state index in [-0.39, 0.29) is 0 Å². The van der Waals surface area contributed by atoms with Gasteiger partial charge in [0.1, 0.15) is 5.16 Å². The van der Waals surface area contributed by atoms with Crippen molar-refractivity contribution in [3.05, 3.63) is 22.9 Å². The maximum atomic E-state index is 5.59. The minimum atomic E-state index is 0.466. The van der Waals surface area contributed by atoms with Gasteiger partial charge in [0.05, 0.1) is 0 Å². The SMILES string of the molecule is C=N/C(Cl)=C(C)\C=C/C. The second kappa shape index (κ2) is 4.33. The van der Waals surface area contributed by atoms with Crippen molar-refractivity contribution >= 4 is 18.3 Å². The summed E-state index contributed by atoms with van der Waals surface area (Å²) in [6.45, 7) is 7.10. The molecule has 0 atom stereocenters. The highest BCUT2D eigenvalue weighted by molar-refractivity contribution is 6.30. The molecule has 0 spiro atoms. The van der Waals surface area contributed by atoms with Crippen LogP contribution in [0.4, 0.5) is 0 Å². The van der Waals surface area contributed by atoms with Gasteiger partial charge in [-0.2, -0.15) is 0 Å². The minimum absolute atomic E-state index is 0.466. The molecule has 0 unspecified atom stereocenters. The highest BCUT2D eigenvalue weighted by atomic mass is 35.5. The Morgan fingerprint density at radius 1 is 1.67 bits per heavy atom. The predicted molar refractivity (Wildman–Crippen MR) is 42.9 cm³/mol. The van der Waals surface area contributed by atoms with Crippen molar-refractivity contribution in [1.82, 2.24) is 0 Å². The first-order valence-corrected chi connectivity index (χ1v) is 3.06. The molecule has 0 fully saturated rings. The highest BCUT2D eigenvalue weighted by Crippen LogP contribution is 2.09. The van der Waals surface area contributed by atoms with Gasteiger partial charge in [-0.05, 0) is 26.1 Å². The molecule has 0 saturated carbocycles. The Labute approximate surface area is 60.7 Å². The molecule has 0 amide bonds. The molecule has 0 heterocycles. The van der Waals surface area contributed by atoms with E-state index in [1.807, 2.05) is 26.0 Å². The van der Waals surface area contributed by atoms with Crippen LogP contribution in [0.1, 0.15) is 13.8 Å². The third kappa shape index (κ3) is 3.09. The van der Waals surface area contributed by atoms with Crippen molar-refractivity contribution < 1.29 is 0 Å². The van der Waals surface area contributed by atoms with Gasteiger partial charge in [0, 0.05) is 0 Å². The first kappa shape index (κ1) is 8.44.